The SMILES string of the molecule is COCCCN(C)c1ncnc(Cl)c1CO. The van der Waals surface area contributed by atoms with Crippen molar-refractivity contribution >= 4 is 17.4 Å². The average Bonchev–Trinajstić information content (AvgIpc) is 2.29. The smallest absolute Gasteiger partial charge is 0.140 e. The molecule has 0 radical (unpaired) electrons. The van der Waals surface area contributed by atoms with E-state index in [4.69, 9.17) is 16.3 Å². The summed E-state index contributed by atoms with van der Waals surface area (Å²) in [7, 11) is 3.56. The first kappa shape index (κ1) is 13.2. The Hall–Kier alpha value is -0.910. The molecule has 16 heavy (non-hydrogen) atoms. The summed E-state index contributed by atoms with van der Waals surface area (Å²) in [6, 6.07) is 0. The third-order valence-electron chi connectivity index (χ3n) is 2.23. The largest absolute Gasteiger partial charge is 0.391 e. The molecule has 5 nitrogen and oxygen atoms in total. The number of aliphatic hydroxyl groups excluding tert-OH is 1. The maximum absolute atomic E-state index is 9.20. The molecule has 0 spiro atoms. The van der Waals surface area contributed by atoms with Gasteiger partial charge in [0.05, 0.1) is 12.2 Å². The van der Waals surface area contributed by atoms with Crippen molar-refractivity contribution in [3.63, 3.8) is 0 Å². The highest BCUT2D eigenvalue weighted by atomic mass is 35.5. The van der Waals surface area contributed by atoms with Gasteiger partial charge in [-0.1, -0.05) is 11.6 Å². The molecule has 1 aromatic heterocycles. The highest BCUT2D eigenvalue weighted by Crippen LogP contribution is 2.22. The van der Waals surface area contributed by atoms with E-state index in [9.17, 15) is 5.11 Å². The van der Waals surface area contributed by atoms with E-state index in [1.807, 2.05) is 11.9 Å². The molecule has 0 unspecified atom stereocenters. The van der Waals surface area contributed by atoms with Gasteiger partial charge in [-0.05, 0) is 6.42 Å². The van der Waals surface area contributed by atoms with Gasteiger partial charge >= 0.3 is 0 Å². The Morgan fingerprint density at radius 2 is 2.25 bits per heavy atom. The molecule has 1 N–H and O–H groups in total. The second-order valence-electron chi connectivity index (χ2n) is 3.39. The highest BCUT2D eigenvalue weighted by molar-refractivity contribution is 6.30. The first-order chi connectivity index (χ1) is 7.70. The number of rotatable bonds is 6. The van der Waals surface area contributed by atoms with Crippen LogP contribution in [0.2, 0.25) is 5.15 Å². The summed E-state index contributed by atoms with van der Waals surface area (Å²) < 4.78 is 4.97. The van der Waals surface area contributed by atoms with Crippen molar-refractivity contribution < 1.29 is 9.84 Å². The number of hydrogen-bond donors (Lipinski definition) is 1. The van der Waals surface area contributed by atoms with Crippen LogP contribution < -0.4 is 4.90 Å². The zero-order chi connectivity index (χ0) is 12.0. The quantitative estimate of drug-likeness (QED) is 0.601. The molecule has 1 heterocycles. The molecule has 0 atom stereocenters. The minimum absolute atomic E-state index is 0.163. The molecule has 0 bridgehead atoms. The molecule has 0 amide bonds. The maximum atomic E-state index is 9.20. The van der Waals surface area contributed by atoms with Gasteiger partial charge in [0.15, 0.2) is 0 Å². The average molecular weight is 246 g/mol. The van der Waals surface area contributed by atoms with E-state index in [1.54, 1.807) is 7.11 Å². The zero-order valence-corrected chi connectivity index (χ0v) is 10.2. The molecule has 0 aliphatic heterocycles. The summed E-state index contributed by atoms with van der Waals surface area (Å²) in [6.07, 6.45) is 2.28. The lowest BCUT2D eigenvalue weighted by Crippen LogP contribution is -2.22. The van der Waals surface area contributed by atoms with Crippen LogP contribution in [-0.4, -0.2) is 42.4 Å². The summed E-state index contributed by atoms with van der Waals surface area (Å²) in [5.74, 6) is 0.665. The summed E-state index contributed by atoms with van der Waals surface area (Å²) >= 11 is 5.87. The van der Waals surface area contributed by atoms with Crippen molar-refractivity contribution in [3.8, 4) is 0 Å². The fourth-order valence-corrected chi connectivity index (χ4v) is 1.59. The molecule has 90 valence electrons. The van der Waals surface area contributed by atoms with Crippen LogP contribution in [0.4, 0.5) is 5.82 Å². The number of nitrogens with zero attached hydrogens (tertiary/aromatic N) is 3. The predicted octanol–water partition coefficient (Wildman–Crippen LogP) is 1.09. The van der Waals surface area contributed by atoms with Crippen LogP contribution in [0, 0.1) is 0 Å². The fraction of sp³-hybridized carbons (Fsp3) is 0.600. The van der Waals surface area contributed by atoms with E-state index in [1.165, 1.54) is 6.33 Å². The number of methoxy groups -OCH3 is 1. The zero-order valence-electron chi connectivity index (χ0n) is 9.48. The number of aliphatic hydroxyl groups is 1. The number of aromatic nitrogens is 2. The van der Waals surface area contributed by atoms with Crippen molar-refractivity contribution in [1.29, 1.82) is 0 Å². The lowest BCUT2D eigenvalue weighted by atomic mass is 10.3. The monoisotopic (exact) mass is 245 g/mol. The summed E-state index contributed by atoms with van der Waals surface area (Å²) in [4.78, 5) is 9.88. The lowest BCUT2D eigenvalue weighted by molar-refractivity contribution is 0.196. The van der Waals surface area contributed by atoms with Gasteiger partial charge in [-0.15, -0.1) is 0 Å². The molecule has 6 heteroatoms. The Balaban J connectivity index is 2.74. The van der Waals surface area contributed by atoms with E-state index >= 15 is 0 Å². The molecule has 0 saturated heterocycles. The Morgan fingerprint density at radius 3 is 2.88 bits per heavy atom. The Morgan fingerprint density at radius 1 is 1.50 bits per heavy atom. The van der Waals surface area contributed by atoms with Crippen LogP contribution >= 0.6 is 11.6 Å². The van der Waals surface area contributed by atoms with Crippen LogP contribution in [-0.2, 0) is 11.3 Å². The van der Waals surface area contributed by atoms with Gasteiger partial charge in [0.25, 0.3) is 0 Å². The highest BCUT2D eigenvalue weighted by Gasteiger charge is 2.12. The molecule has 0 fully saturated rings. The third kappa shape index (κ3) is 3.30. The van der Waals surface area contributed by atoms with Gasteiger partial charge < -0.3 is 14.7 Å². The molecule has 0 saturated carbocycles. The third-order valence-corrected chi connectivity index (χ3v) is 2.56. The topological polar surface area (TPSA) is 58.5 Å². The molecular weight excluding hydrogens is 230 g/mol. The molecular formula is C10H16ClN3O2. The molecule has 0 aliphatic carbocycles. The first-order valence-corrected chi connectivity index (χ1v) is 5.38. The normalized spacial score (nSPS) is 10.5. The maximum Gasteiger partial charge on any atom is 0.140 e. The minimum atomic E-state index is -0.163. The number of halogens is 1. The number of anilines is 1. The second-order valence-corrected chi connectivity index (χ2v) is 3.75. The first-order valence-electron chi connectivity index (χ1n) is 5.01. The van der Waals surface area contributed by atoms with E-state index in [2.05, 4.69) is 9.97 Å². The Labute approximate surface area is 100 Å². The lowest BCUT2D eigenvalue weighted by Gasteiger charge is -2.20. The van der Waals surface area contributed by atoms with Crippen molar-refractivity contribution in [2.45, 2.75) is 13.0 Å². The second kappa shape index (κ2) is 6.62. The van der Waals surface area contributed by atoms with E-state index in [-0.39, 0.29) is 6.61 Å². The van der Waals surface area contributed by atoms with Crippen LogP contribution in [0.1, 0.15) is 12.0 Å². The molecule has 0 aliphatic rings. The standard InChI is InChI=1S/C10H16ClN3O2/c1-14(4-3-5-16-2)10-8(6-15)9(11)12-7-13-10/h7,15H,3-6H2,1-2H3. The summed E-state index contributed by atoms with van der Waals surface area (Å²) in [6.45, 7) is 1.31. The van der Waals surface area contributed by atoms with Crippen molar-refractivity contribution in [1.82, 2.24) is 9.97 Å². The van der Waals surface area contributed by atoms with E-state index < -0.39 is 0 Å². The van der Waals surface area contributed by atoms with Gasteiger partial charge in [-0.3, -0.25) is 0 Å². The van der Waals surface area contributed by atoms with Gasteiger partial charge in [-0.2, -0.15) is 0 Å². The molecule has 0 aromatic carbocycles. The number of hydrogen-bond acceptors (Lipinski definition) is 5. The Kier molecular flexibility index (Phi) is 5.45. The van der Waals surface area contributed by atoms with E-state index in [0.717, 1.165) is 13.0 Å². The minimum Gasteiger partial charge on any atom is -0.391 e. The van der Waals surface area contributed by atoms with Crippen molar-refractivity contribution in [2.75, 3.05) is 32.2 Å². The van der Waals surface area contributed by atoms with Gasteiger partial charge in [0, 0.05) is 27.3 Å². The molecule has 1 aromatic rings. The number of ether oxygens (including phenoxy) is 1. The summed E-state index contributed by atoms with van der Waals surface area (Å²) in [5, 5.41) is 9.50. The van der Waals surface area contributed by atoms with Crippen molar-refractivity contribution in [3.05, 3.63) is 17.0 Å². The van der Waals surface area contributed by atoms with Crippen LogP contribution in [0.5, 0.6) is 0 Å². The predicted molar refractivity (Wildman–Crippen MR) is 62.7 cm³/mol. The van der Waals surface area contributed by atoms with Gasteiger partial charge in [0.1, 0.15) is 17.3 Å². The van der Waals surface area contributed by atoms with Crippen LogP contribution in [0.3, 0.4) is 0 Å². The van der Waals surface area contributed by atoms with Crippen LogP contribution in [0.25, 0.3) is 0 Å². The Bertz CT molecular complexity index is 336. The molecule has 1 rings (SSSR count). The van der Waals surface area contributed by atoms with E-state index in [0.29, 0.717) is 23.1 Å². The summed E-state index contributed by atoms with van der Waals surface area (Å²) in [5.41, 5.74) is 0.559. The van der Waals surface area contributed by atoms with Gasteiger partial charge in [-0.25, -0.2) is 9.97 Å². The van der Waals surface area contributed by atoms with Crippen LogP contribution in [0.15, 0.2) is 6.33 Å². The fourth-order valence-electron chi connectivity index (χ4n) is 1.40. The van der Waals surface area contributed by atoms with Crippen molar-refractivity contribution in [2.24, 2.45) is 0 Å². The van der Waals surface area contributed by atoms with Gasteiger partial charge in [0.2, 0.25) is 0 Å².